The summed E-state index contributed by atoms with van der Waals surface area (Å²) in [6.07, 6.45) is 1.14. The molecule has 306 valence electrons. The molecule has 1 rings (SSSR count). The molecule has 1 heterocycles. The molecule has 2 amide bonds. The van der Waals surface area contributed by atoms with Gasteiger partial charge in [-0.15, -0.1) is 0 Å². The smallest absolute Gasteiger partial charge is 0.374 e. The molecule has 0 aliphatic heterocycles. The average molecular weight is 802 g/mol. The topological polar surface area (TPSA) is 218 Å². The minimum absolute atomic E-state index is 0.0605. The molecular formula is C31H67N5O13Si3. The van der Waals surface area contributed by atoms with Crippen molar-refractivity contribution in [2.45, 2.75) is 119 Å². The lowest BCUT2D eigenvalue weighted by Gasteiger charge is -2.29. The molecule has 52 heavy (non-hydrogen) atoms. The zero-order chi connectivity index (χ0) is 39.6. The molecule has 18 nitrogen and oxygen atoms in total. The molecule has 0 unspecified atom stereocenters. The number of hydrogen-bond donors (Lipinski definition) is 2. The van der Waals surface area contributed by atoms with E-state index < -0.39 is 49.5 Å². The van der Waals surface area contributed by atoms with Crippen molar-refractivity contribution in [1.29, 1.82) is 0 Å². The molecule has 0 saturated heterocycles. The number of carbonyl (C=O) groups is 1. The number of rotatable bonds is 30. The Balaban J connectivity index is 0.00000615. The van der Waals surface area contributed by atoms with E-state index in [1.807, 2.05) is 62.3 Å². The van der Waals surface area contributed by atoms with Gasteiger partial charge in [-0.1, -0.05) is 0 Å². The van der Waals surface area contributed by atoms with Crippen LogP contribution in [0.1, 0.15) is 81.6 Å². The second-order valence-corrected chi connectivity index (χ2v) is 19.2. The fourth-order valence-electron chi connectivity index (χ4n) is 5.62. The lowest BCUT2D eigenvalue weighted by atomic mass is 10.4. The van der Waals surface area contributed by atoms with Crippen LogP contribution in [-0.2, 0) is 59.5 Å². The first-order chi connectivity index (χ1) is 24.8. The van der Waals surface area contributed by atoms with E-state index in [4.69, 9.17) is 44.6 Å². The van der Waals surface area contributed by atoms with E-state index in [2.05, 4.69) is 11.5 Å². The van der Waals surface area contributed by atoms with Crippen LogP contribution < -0.4 is 28.5 Å². The number of amides is 2. The lowest BCUT2D eigenvalue weighted by Crippen LogP contribution is -2.55. The summed E-state index contributed by atoms with van der Waals surface area (Å²) in [4.78, 5) is 50.4. The van der Waals surface area contributed by atoms with Crippen molar-refractivity contribution in [3.05, 3.63) is 31.5 Å². The number of urea groups is 1. The fraction of sp³-hybridized carbons (Fsp3) is 0.871. The third kappa shape index (κ3) is 17.0. The van der Waals surface area contributed by atoms with Crippen LogP contribution in [0, 0.1) is 0 Å². The SMILES string of the molecule is CCO[Si](CCCn1c(=O)n(CCC[Si](OCC)(OCC)OCC)c(=O)n(CCC[Si](OCC)(OCC)OCC)c1=O)(OCC)OCC.NC(N)=O. The van der Waals surface area contributed by atoms with E-state index in [-0.39, 0.29) is 19.6 Å². The Morgan fingerprint density at radius 2 is 0.577 bits per heavy atom. The number of hydrogen-bond acceptors (Lipinski definition) is 13. The van der Waals surface area contributed by atoms with Crippen molar-refractivity contribution < 1.29 is 44.6 Å². The van der Waals surface area contributed by atoms with Gasteiger partial charge in [-0.2, -0.15) is 0 Å². The number of carbonyl (C=O) groups excluding carboxylic acids is 1. The van der Waals surface area contributed by atoms with Crippen LogP contribution in [0.25, 0.3) is 0 Å². The highest BCUT2D eigenvalue weighted by Gasteiger charge is 2.42. The maximum Gasteiger partial charge on any atom is 0.500 e. The second kappa shape index (κ2) is 27.5. The maximum absolute atomic E-state index is 13.8. The maximum atomic E-state index is 13.8. The zero-order valence-corrected chi connectivity index (χ0v) is 36.0. The number of aromatic nitrogens is 3. The molecule has 4 N–H and O–H groups in total. The minimum Gasteiger partial charge on any atom is -0.374 e. The van der Waals surface area contributed by atoms with Gasteiger partial charge < -0.3 is 51.3 Å². The Morgan fingerprint density at radius 1 is 0.423 bits per heavy atom. The van der Waals surface area contributed by atoms with Crippen molar-refractivity contribution in [3.63, 3.8) is 0 Å². The highest BCUT2D eigenvalue weighted by atomic mass is 28.4. The standard InChI is InChI=1S/C30H63N3O12Si3.CH4N2O/c1-10-37-46(38-11-2,39-12-3)25-19-22-31-28(34)32(23-20-26-47(40-13-4,41-14-5)42-15-6)30(36)33(29(31)35)24-21-27-48(43-16-7,44-17-8)45-18-9;2-1(3)4/h10-27H2,1-9H3;(H4,2,3,4). The van der Waals surface area contributed by atoms with Crippen LogP contribution in [0.5, 0.6) is 0 Å². The Morgan fingerprint density at radius 3 is 0.712 bits per heavy atom. The van der Waals surface area contributed by atoms with Crippen LogP contribution in [0.4, 0.5) is 4.79 Å². The Bertz CT molecular complexity index is 1070. The largest absolute Gasteiger partial charge is 0.500 e. The molecule has 0 atom stereocenters. The van der Waals surface area contributed by atoms with Gasteiger partial charge in [-0.3, -0.25) is 0 Å². The normalized spacial score (nSPS) is 12.2. The van der Waals surface area contributed by atoms with Crippen LogP contribution in [0.3, 0.4) is 0 Å². The summed E-state index contributed by atoms with van der Waals surface area (Å²) in [6.45, 7) is 20.8. The summed E-state index contributed by atoms with van der Waals surface area (Å²) in [5.41, 5.74) is 6.49. The van der Waals surface area contributed by atoms with Crippen LogP contribution in [0.15, 0.2) is 14.4 Å². The molecule has 0 radical (unpaired) electrons. The third-order valence-electron chi connectivity index (χ3n) is 7.26. The van der Waals surface area contributed by atoms with Gasteiger partial charge in [0.15, 0.2) is 0 Å². The molecule has 0 aliphatic carbocycles. The van der Waals surface area contributed by atoms with Gasteiger partial charge in [0.25, 0.3) is 0 Å². The van der Waals surface area contributed by atoms with Gasteiger partial charge in [-0.25, -0.2) is 32.9 Å². The van der Waals surface area contributed by atoms with Crippen LogP contribution >= 0.6 is 0 Å². The quantitative estimate of drug-likeness (QED) is 0.107. The second-order valence-electron chi connectivity index (χ2n) is 11.0. The number of primary amides is 2. The van der Waals surface area contributed by atoms with Gasteiger partial charge >= 0.3 is 49.5 Å². The van der Waals surface area contributed by atoms with E-state index >= 15 is 0 Å². The molecule has 21 heteroatoms. The number of nitrogens with two attached hydrogens (primary N) is 2. The summed E-state index contributed by atoms with van der Waals surface area (Å²) in [5, 5.41) is 0. The summed E-state index contributed by atoms with van der Waals surface area (Å²) >= 11 is 0. The molecule has 1 aromatic heterocycles. The van der Waals surface area contributed by atoms with E-state index in [0.29, 0.717) is 96.9 Å². The fourth-order valence-corrected chi connectivity index (χ4v) is 13.4. The molecular weight excluding hydrogens is 735 g/mol. The van der Waals surface area contributed by atoms with Crippen LogP contribution in [-0.4, -0.2) is 106 Å². The van der Waals surface area contributed by atoms with Crippen molar-refractivity contribution in [1.82, 2.24) is 13.7 Å². The van der Waals surface area contributed by atoms with Gasteiger partial charge in [0.05, 0.1) is 0 Å². The van der Waals surface area contributed by atoms with Crippen molar-refractivity contribution in [2.24, 2.45) is 11.5 Å². The lowest BCUT2D eigenvalue weighted by molar-refractivity contribution is 0.0698. The van der Waals surface area contributed by atoms with Gasteiger partial charge in [-0.05, 0) is 81.6 Å². The minimum atomic E-state index is -3.02. The highest BCUT2D eigenvalue weighted by molar-refractivity contribution is 6.61. The summed E-state index contributed by atoms with van der Waals surface area (Å²) in [7, 11) is -9.06. The first-order valence-electron chi connectivity index (χ1n) is 18.5. The van der Waals surface area contributed by atoms with Gasteiger partial charge in [0.2, 0.25) is 0 Å². The molecule has 0 saturated carbocycles. The van der Waals surface area contributed by atoms with E-state index in [1.165, 1.54) is 0 Å². The molecule has 1 aromatic rings. The van der Waals surface area contributed by atoms with Crippen molar-refractivity contribution >= 4 is 32.4 Å². The summed E-state index contributed by atoms with van der Waals surface area (Å²) in [6, 6.07) is 0.387. The predicted molar refractivity (Wildman–Crippen MR) is 203 cm³/mol. The van der Waals surface area contributed by atoms with E-state index in [0.717, 1.165) is 13.7 Å². The first-order valence-corrected chi connectivity index (χ1v) is 24.3. The highest BCUT2D eigenvalue weighted by Crippen LogP contribution is 2.21. The monoisotopic (exact) mass is 801 g/mol. The van der Waals surface area contributed by atoms with Gasteiger partial charge in [0.1, 0.15) is 0 Å². The first kappa shape index (κ1) is 50.0. The van der Waals surface area contributed by atoms with E-state index in [1.54, 1.807) is 0 Å². The van der Waals surface area contributed by atoms with E-state index in [9.17, 15) is 14.4 Å². The summed E-state index contributed by atoms with van der Waals surface area (Å²) in [5.74, 6) is 0. The molecule has 0 bridgehead atoms. The van der Waals surface area contributed by atoms with Crippen molar-refractivity contribution in [3.8, 4) is 0 Å². The van der Waals surface area contributed by atoms with Crippen molar-refractivity contribution in [2.75, 3.05) is 59.5 Å². The molecule has 0 fully saturated rings. The molecule has 0 spiro atoms. The molecule has 0 aliphatic rings. The van der Waals surface area contributed by atoms with Gasteiger partial charge in [0, 0.05) is 97.2 Å². The predicted octanol–water partition coefficient (Wildman–Crippen LogP) is 2.51. The number of nitrogens with zero attached hydrogens (tertiary/aromatic N) is 3. The average Bonchev–Trinajstić information content (AvgIpc) is 3.07. The zero-order valence-electron chi connectivity index (χ0n) is 33.0. The molecule has 0 aromatic carbocycles. The Hall–Kier alpha value is -2.03. The summed E-state index contributed by atoms with van der Waals surface area (Å²) < 4.78 is 57.1. The van der Waals surface area contributed by atoms with Crippen LogP contribution in [0.2, 0.25) is 18.1 Å². The third-order valence-corrected chi connectivity index (χ3v) is 16.7. The Kier molecular flexibility index (Phi) is 26.5. The Labute approximate surface area is 312 Å².